The van der Waals surface area contributed by atoms with E-state index in [0.29, 0.717) is 5.56 Å². The third kappa shape index (κ3) is 3.26. The fraction of sp³-hybridized carbons (Fsp3) is 0.133. The molecule has 2 aromatic rings. The van der Waals surface area contributed by atoms with Crippen LogP contribution in [0.15, 0.2) is 48.5 Å². The van der Waals surface area contributed by atoms with Crippen LogP contribution in [0.2, 0.25) is 5.02 Å². The summed E-state index contributed by atoms with van der Waals surface area (Å²) >= 11 is 5.78. The fourth-order valence-electron chi connectivity index (χ4n) is 1.75. The summed E-state index contributed by atoms with van der Waals surface area (Å²) < 4.78 is 0. The molecule has 2 N–H and O–H groups in total. The van der Waals surface area contributed by atoms with Gasteiger partial charge in [-0.15, -0.1) is 0 Å². The Kier molecular flexibility index (Phi) is 4.07. The van der Waals surface area contributed by atoms with Gasteiger partial charge >= 0.3 is 0 Å². The summed E-state index contributed by atoms with van der Waals surface area (Å²) in [6.07, 6.45) is 0. The molecule has 0 saturated carbocycles. The van der Waals surface area contributed by atoms with Gasteiger partial charge in [0.1, 0.15) is 5.75 Å². The largest absolute Gasteiger partial charge is 0.506 e. The number of hydrogen-bond acceptors (Lipinski definition) is 2. The van der Waals surface area contributed by atoms with E-state index in [0.717, 1.165) is 5.56 Å². The zero-order valence-electron chi connectivity index (χ0n) is 10.4. The second-order valence-corrected chi connectivity index (χ2v) is 4.68. The fourth-order valence-corrected chi connectivity index (χ4v) is 1.93. The van der Waals surface area contributed by atoms with Crippen LogP contribution in [0, 0.1) is 0 Å². The van der Waals surface area contributed by atoms with Crippen LogP contribution in [0.4, 0.5) is 0 Å². The lowest BCUT2D eigenvalue weighted by atomic mass is 10.1. The molecule has 2 rings (SSSR count). The topological polar surface area (TPSA) is 49.3 Å². The van der Waals surface area contributed by atoms with Crippen LogP contribution in [0.1, 0.15) is 28.9 Å². The summed E-state index contributed by atoms with van der Waals surface area (Å²) in [5.41, 5.74) is 1.45. The lowest BCUT2D eigenvalue weighted by molar-refractivity contribution is 0.0940. The smallest absolute Gasteiger partial charge is 0.251 e. The zero-order valence-corrected chi connectivity index (χ0v) is 11.2. The van der Waals surface area contributed by atoms with E-state index in [4.69, 9.17) is 11.6 Å². The van der Waals surface area contributed by atoms with Gasteiger partial charge in [0.15, 0.2) is 0 Å². The second kappa shape index (κ2) is 5.76. The lowest BCUT2D eigenvalue weighted by Gasteiger charge is -2.14. The van der Waals surface area contributed by atoms with Crippen LogP contribution in [-0.4, -0.2) is 11.0 Å². The van der Waals surface area contributed by atoms with Gasteiger partial charge in [0, 0.05) is 5.56 Å². The molecule has 2 aromatic carbocycles. The first-order valence-electron chi connectivity index (χ1n) is 5.92. The molecule has 1 atom stereocenters. The summed E-state index contributed by atoms with van der Waals surface area (Å²) in [5, 5.41) is 12.4. The predicted molar refractivity (Wildman–Crippen MR) is 75.4 cm³/mol. The number of rotatable bonds is 3. The molecule has 0 spiro atoms. The van der Waals surface area contributed by atoms with Crippen molar-refractivity contribution in [2.24, 2.45) is 0 Å². The molecular weight excluding hydrogens is 262 g/mol. The molecule has 0 heterocycles. The summed E-state index contributed by atoms with van der Waals surface area (Å²) in [7, 11) is 0. The lowest BCUT2D eigenvalue weighted by Crippen LogP contribution is -2.26. The summed E-state index contributed by atoms with van der Waals surface area (Å²) in [6, 6.07) is 14.0. The Bertz CT molecular complexity index is 584. The quantitative estimate of drug-likeness (QED) is 0.900. The molecule has 4 heteroatoms. The molecule has 98 valence electrons. The minimum absolute atomic E-state index is 0.0330. The van der Waals surface area contributed by atoms with Crippen LogP contribution in [-0.2, 0) is 0 Å². The van der Waals surface area contributed by atoms with Crippen molar-refractivity contribution in [3.8, 4) is 5.75 Å². The highest BCUT2D eigenvalue weighted by Crippen LogP contribution is 2.24. The summed E-state index contributed by atoms with van der Waals surface area (Å²) in [5.74, 6) is -0.257. The minimum atomic E-state index is -0.224. The number of aromatic hydroxyl groups is 1. The van der Waals surface area contributed by atoms with E-state index in [1.807, 2.05) is 37.3 Å². The van der Waals surface area contributed by atoms with E-state index in [-0.39, 0.29) is 22.7 Å². The van der Waals surface area contributed by atoms with Gasteiger partial charge in [-0.25, -0.2) is 0 Å². The molecule has 0 aliphatic rings. The van der Waals surface area contributed by atoms with E-state index >= 15 is 0 Å². The Morgan fingerprint density at radius 3 is 2.53 bits per heavy atom. The van der Waals surface area contributed by atoms with Gasteiger partial charge in [0.25, 0.3) is 5.91 Å². The van der Waals surface area contributed by atoms with Crippen molar-refractivity contribution in [1.29, 1.82) is 0 Å². The van der Waals surface area contributed by atoms with Crippen molar-refractivity contribution in [3.05, 3.63) is 64.7 Å². The first kappa shape index (κ1) is 13.4. The van der Waals surface area contributed by atoms with Crippen molar-refractivity contribution in [2.45, 2.75) is 13.0 Å². The first-order chi connectivity index (χ1) is 9.08. The highest BCUT2D eigenvalue weighted by Gasteiger charge is 2.12. The average molecular weight is 276 g/mol. The van der Waals surface area contributed by atoms with E-state index < -0.39 is 0 Å². The van der Waals surface area contributed by atoms with Gasteiger partial charge in [-0.05, 0) is 30.7 Å². The Morgan fingerprint density at radius 2 is 1.89 bits per heavy atom. The van der Waals surface area contributed by atoms with E-state index in [9.17, 15) is 9.90 Å². The molecule has 0 aromatic heterocycles. The highest BCUT2D eigenvalue weighted by molar-refractivity contribution is 6.32. The van der Waals surface area contributed by atoms with Crippen molar-refractivity contribution in [1.82, 2.24) is 5.32 Å². The van der Waals surface area contributed by atoms with Gasteiger partial charge in [0.2, 0.25) is 0 Å². The number of carbonyl (C=O) groups is 1. The van der Waals surface area contributed by atoms with E-state index in [2.05, 4.69) is 5.32 Å². The summed E-state index contributed by atoms with van der Waals surface area (Å²) in [4.78, 5) is 12.0. The maximum Gasteiger partial charge on any atom is 0.251 e. The second-order valence-electron chi connectivity index (χ2n) is 4.27. The van der Waals surface area contributed by atoms with Crippen LogP contribution in [0.25, 0.3) is 0 Å². The molecule has 0 aliphatic carbocycles. The highest BCUT2D eigenvalue weighted by atomic mass is 35.5. The molecule has 0 unspecified atom stereocenters. The number of phenols is 1. The van der Waals surface area contributed by atoms with Gasteiger partial charge in [-0.3, -0.25) is 4.79 Å². The Morgan fingerprint density at radius 1 is 1.21 bits per heavy atom. The molecule has 19 heavy (non-hydrogen) atoms. The molecule has 0 radical (unpaired) electrons. The number of benzene rings is 2. The average Bonchev–Trinajstić information content (AvgIpc) is 2.42. The van der Waals surface area contributed by atoms with Crippen LogP contribution < -0.4 is 5.32 Å². The van der Waals surface area contributed by atoms with E-state index in [1.54, 1.807) is 0 Å². The Balaban J connectivity index is 2.11. The summed E-state index contributed by atoms with van der Waals surface area (Å²) in [6.45, 7) is 1.91. The van der Waals surface area contributed by atoms with Gasteiger partial charge in [-0.1, -0.05) is 41.9 Å². The third-order valence-electron chi connectivity index (χ3n) is 2.86. The molecule has 0 aliphatic heterocycles. The molecule has 0 fully saturated rings. The monoisotopic (exact) mass is 275 g/mol. The van der Waals surface area contributed by atoms with Crippen molar-refractivity contribution < 1.29 is 9.90 Å². The van der Waals surface area contributed by atoms with Crippen LogP contribution in [0.3, 0.4) is 0 Å². The molecular formula is C15H14ClNO2. The normalized spacial score (nSPS) is 11.9. The standard InChI is InChI=1S/C15H14ClNO2/c1-10(11-5-3-2-4-6-11)17-15(19)12-7-8-14(18)13(16)9-12/h2-10,18H,1H3,(H,17,19)/t10-/m0/s1. The predicted octanol–water partition coefficient (Wildman–Crippen LogP) is 3.54. The SMILES string of the molecule is C[C@H](NC(=O)c1ccc(O)c(Cl)c1)c1ccccc1. The van der Waals surface area contributed by atoms with Gasteiger partial charge < -0.3 is 10.4 Å². The molecule has 3 nitrogen and oxygen atoms in total. The number of halogens is 1. The maximum atomic E-state index is 12.0. The van der Waals surface area contributed by atoms with Crippen molar-refractivity contribution >= 4 is 17.5 Å². The van der Waals surface area contributed by atoms with E-state index in [1.165, 1.54) is 18.2 Å². The Hall–Kier alpha value is -2.00. The third-order valence-corrected chi connectivity index (χ3v) is 3.16. The molecule has 1 amide bonds. The number of amides is 1. The van der Waals surface area contributed by atoms with Crippen LogP contribution in [0.5, 0.6) is 5.75 Å². The number of nitrogens with one attached hydrogen (secondary N) is 1. The van der Waals surface area contributed by atoms with Crippen molar-refractivity contribution in [2.75, 3.05) is 0 Å². The van der Waals surface area contributed by atoms with Crippen molar-refractivity contribution in [3.63, 3.8) is 0 Å². The Labute approximate surface area is 116 Å². The zero-order chi connectivity index (χ0) is 13.8. The number of carbonyl (C=O) groups excluding carboxylic acids is 1. The number of phenolic OH excluding ortho intramolecular Hbond substituents is 1. The minimum Gasteiger partial charge on any atom is -0.506 e. The number of hydrogen-bond donors (Lipinski definition) is 2. The van der Waals surface area contributed by atoms with Gasteiger partial charge in [-0.2, -0.15) is 0 Å². The van der Waals surface area contributed by atoms with Crippen LogP contribution >= 0.6 is 11.6 Å². The first-order valence-corrected chi connectivity index (χ1v) is 6.30. The molecule has 0 bridgehead atoms. The maximum absolute atomic E-state index is 12.0. The molecule has 0 saturated heterocycles. The van der Waals surface area contributed by atoms with Gasteiger partial charge in [0.05, 0.1) is 11.1 Å².